The van der Waals surface area contributed by atoms with Crippen molar-refractivity contribution >= 4 is 23.2 Å². The summed E-state index contributed by atoms with van der Waals surface area (Å²) in [5.41, 5.74) is 1.08. The van der Waals surface area contributed by atoms with E-state index in [2.05, 4.69) is 17.1 Å². The SMILES string of the molecule is CC(NC(=O)c1cccs1)C(=O)N(Cc1ccccc1)C(C)CN1CCOCC1. The molecular weight excluding hydrogens is 386 g/mol. The summed E-state index contributed by atoms with van der Waals surface area (Å²) in [6.07, 6.45) is 0. The van der Waals surface area contributed by atoms with E-state index in [0.29, 0.717) is 11.4 Å². The largest absolute Gasteiger partial charge is 0.379 e. The highest BCUT2D eigenvalue weighted by molar-refractivity contribution is 7.12. The summed E-state index contributed by atoms with van der Waals surface area (Å²) in [6, 6.07) is 13.0. The molecule has 0 radical (unpaired) electrons. The van der Waals surface area contributed by atoms with Gasteiger partial charge in [-0.05, 0) is 30.9 Å². The number of hydrogen-bond acceptors (Lipinski definition) is 5. The van der Waals surface area contributed by atoms with Crippen molar-refractivity contribution in [2.45, 2.75) is 32.5 Å². The molecule has 1 fully saturated rings. The van der Waals surface area contributed by atoms with Crippen LogP contribution in [-0.4, -0.2) is 66.5 Å². The number of rotatable bonds is 8. The van der Waals surface area contributed by atoms with Crippen LogP contribution in [0.4, 0.5) is 0 Å². The van der Waals surface area contributed by atoms with Crippen LogP contribution in [0, 0.1) is 0 Å². The van der Waals surface area contributed by atoms with Gasteiger partial charge in [0, 0.05) is 32.2 Å². The van der Waals surface area contributed by atoms with Crippen molar-refractivity contribution < 1.29 is 14.3 Å². The van der Waals surface area contributed by atoms with E-state index in [1.165, 1.54) is 11.3 Å². The molecule has 2 heterocycles. The first kappa shape index (κ1) is 21.5. The number of carbonyl (C=O) groups excluding carboxylic acids is 2. The molecule has 1 aliphatic rings. The average molecular weight is 416 g/mol. The van der Waals surface area contributed by atoms with E-state index in [9.17, 15) is 9.59 Å². The van der Waals surface area contributed by atoms with E-state index in [4.69, 9.17) is 4.74 Å². The van der Waals surface area contributed by atoms with Crippen LogP contribution >= 0.6 is 11.3 Å². The minimum atomic E-state index is -0.597. The van der Waals surface area contributed by atoms with Crippen LogP contribution < -0.4 is 5.32 Å². The number of amides is 2. The number of hydrogen-bond donors (Lipinski definition) is 1. The Morgan fingerprint density at radius 2 is 1.86 bits per heavy atom. The summed E-state index contributed by atoms with van der Waals surface area (Å²) in [7, 11) is 0. The van der Waals surface area contributed by atoms with Crippen LogP contribution in [0.2, 0.25) is 0 Å². The van der Waals surface area contributed by atoms with Gasteiger partial charge in [-0.3, -0.25) is 14.5 Å². The molecule has 2 amide bonds. The predicted molar refractivity (Wildman–Crippen MR) is 115 cm³/mol. The zero-order chi connectivity index (χ0) is 20.6. The molecule has 1 aliphatic heterocycles. The highest BCUT2D eigenvalue weighted by Crippen LogP contribution is 2.14. The van der Waals surface area contributed by atoms with Gasteiger partial charge in [0.2, 0.25) is 5.91 Å². The molecule has 0 bridgehead atoms. The number of ether oxygens (including phenoxy) is 1. The van der Waals surface area contributed by atoms with Crippen molar-refractivity contribution in [1.29, 1.82) is 0 Å². The lowest BCUT2D eigenvalue weighted by molar-refractivity contribution is -0.136. The third kappa shape index (κ3) is 6.13. The van der Waals surface area contributed by atoms with Gasteiger partial charge >= 0.3 is 0 Å². The normalized spacial score (nSPS) is 16.8. The van der Waals surface area contributed by atoms with Gasteiger partial charge in [0.25, 0.3) is 5.91 Å². The lowest BCUT2D eigenvalue weighted by Gasteiger charge is -2.36. The molecule has 3 rings (SSSR count). The predicted octanol–water partition coefficient (Wildman–Crippen LogP) is 2.62. The Balaban J connectivity index is 1.69. The van der Waals surface area contributed by atoms with Gasteiger partial charge < -0.3 is 15.0 Å². The Kier molecular flexibility index (Phi) is 7.80. The molecule has 1 aromatic carbocycles. The molecule has 156 valence electrons. The van der Waals surface area contributed by atoms with Crippen LogP contribution in [0.3, 0.4) is 0 Å². The first-order chi connectivity index (χ1) is 14.0. The fraction of sp³-hybridized carbons (Fsp3) is 0.455. The minimum Gasteiger partial charge on any atom is -0.379 e. The number of carbonyl (C=O) groups is 2. The molecule has 0 saturated carbocycles. The second-order valence-electron chi connectivity index (χ2n) is 7.39. The Morgan fingerprint density at radius 1 is 1.14 bits per heavy atom. The van der Waals surface area contributed by atoms with Crippen LogP contribution in [0.25, 0.3) is 0 Å². The third-order valence-electron chi connectivity index (χ3n) is 5.10. The lowest BCUT2D eigenvalue weighted by Crippen LogP contribution is -2.53. The van der Waals surface area contributed by atoms with Gasteiger partial charge in [-0.15, -0.1) is 11.3 Å². The van der Waals surface area contributed by atoms with E-state index in [-0.39, 0.29) is 17.9 Å². The van der Waals surface area contributed by atoms with Gasteiger partial charge in [0.1, 0.15) is 6.04 Å². The number of nitrogens with one attached hydrogen (secondary N) is 1. The van der Waals surface area contributed by atoms with E-state index in [1.807, 2.05) is 46.7 Å². The first-order valence-electron chi connectivity index (χ1n) is 10.0. The molecule has 2 atom stereocenters. The summed E-state index contributed by atoms with van der Waals surface area (Å²) in [6.45, 7) is 8.35. The molecule has 29 heavy (non-hydrogen) atoms. The molecule has 2 unspecified atom stereocenters. The number of thiophene rings is 1. The van der Waals surface area contributed by atoms with Gasteiger partial charge in [-0.1, -0.05) is 36.4 Å². The molecule has 7 heteroatoms. The summed E-state index contributed by atoms with van der Waals surface area (Å²) >= 11 is 1.37. The van der Waals surface area contributed by atoms with Crippen molar-refractivity contribution in [3.63, 3.8) is 0 Å². The smallest absolute Gasteiger partial charge is 0.261 e. The number of morpholine rings is 1. The molecule has 1 N–H and O–H groups in total. The van der Waals surface area contributed by atoms with E-state index >= 15 is 0 Å². The maximum atomic E-state index is 13.3. The molecule has 2 aromatic rings. The zero-order valence-corrected chi connectivity index (χ0v) is 17.9. The molecule has 6 nitrogen and oxygen atoms in total. The summed E-state index contributed by atoms with van der Waals surface area (Å²) in [4.78, 5) is 30.5. The topological polar surface area (TPSA) is 61.9 Å². The van der Waals surface area contributed by atoms with E-state index in [1.54, 1.807) is 13.0 Å². The van der Waals surface area contributed by atoms with Crippen LogP contribution in [0.1, 0.15) is 29.1 Å². The molecule has 0 spiro atoms. The summed E-state index contributed by atoms with van der Waals surface area (Å²) < 4.78 is 5.43. The monoisotopic (exact) mass is 415 g/mol. The standard InChI is InChI=1S/C22H29N3O3S/c1-17(15-24-10-12-28-13-11-24)25(16-19-7-4-3-5-8-19)22(27)18(2)23-21(26)20-9-6-14-29-20/h3-9,14,17-18H,10-13,15-16H2,1-2H3,(H,23,26). The van der Waals surface area contributed by atoms with Crippen LogP contribution in [0.15, 0.2) is 47.8 Å². The van der Waals surface area contributed by atoms with E-state index in [0.717, 1.165) is 38.4 Å². The maximum absolute atomic E-state index is 13.3. The Hall–Kier alpha value is -2.22. The molecular formula is C22H29N3O3S. The Labute approximate surface area is 176 Å². The number of benzene rings is 1. The zero-order valence-electron chi connectivity index (χ0n) is 17.0. The molecule has 0 aliphatic carbocycles. The fourth-order valence-electron chi connectivity index (χ4n) is 3.47. The Morgan fingerprint density at radius 3 is 2.52 bits per heavy atom. The molecule has 1 saturated heterocycles. The third-order valence-corrected chi connectivity index (χ3v) is 5.97. The van der Waals surface area contributed by atoms with Crippen molar-refractivity contribution in [3.05, 3.63) is 58.3 Å². The van der Waals surface area contributed by atoms with Crippen molar-refractivity contribution in [2.24, 2.45) is 0 Å². The second-order valence-corrected chi connectivity index (χ2v) is 8.33. The van der Waals surface area contributed by atoms with Crippen molar-refractivity contribution in [2.75, 3.05) is 32.8 Å². The second kappa shape index (κ2) is 10.5. The molecule has 1 aromatic heterocycles. The average Bonchev–Trinajstić information content (AvgIpc) is 3.28. The van der Waals surface area contributed by atoms with Crippen LogP contribution in [0.5, 0.6) is 0 Å². The Bertz CT molecular complexity index is 776. The van der Waals surface area contributed by atoms with Gasteiger partial charge in [0.05, 0.1) is 18.1 Å². The highest BCUT2D eigenvalue weighted by Gasteiger charge is 2.28. The van der Waals surface area contributed by atoms with Gasteiger partial charge in [-0.25, -0.2) is 0 Å². The number of nitrogens with zero attached hydrogens (tertiary/aromatic N) is 2. The summed E-state index contributed by atoms with van der Waals surface area (Å²) in [5, 5.41) is 4.71. The van der Waals surface area contributed by atoms with Gasteiger partial charge in [0.15, 0.2) is 0 Å². The fourth-order valence-corrected chi connectivity index (χ4v) is 4.10. The lowest BCUT2D eigenvalue weighted by atomic mass is 10.1. The maximum Gasteiger partial charge on any atom is 0.261 e. The highest BCUT2D eigenvalue weighted by atomic mass is 32.1. The van der Waals surface area contributed by atoms with E-state index < -0.39 is 6.04 Å². The quantitative estimate of drug-likeness (QED) is 0.720. The van der Waals surface area contributed by atoms with Crippen molar-refractivity contribution in [3.8, 4) is 0 Å². The minimum absolute atomic E-state index is 0.0156. The van der Waals surface area contributed by atoms with Crippen molar-refractivity contribution in [1.82, 2.24) is 15.1 Å². The van der Waals surface area contributed by atoms with Crippen LogP contribution in [-0.2, 0) is 16.1 Å². The summed E-state index contributed by atoms with van der Waals surface area (Å²) in [5.74, 6) is -0.277. The first-order valence-corrected chi connectivity index (χ1v) is 10.9. The van der Waals surface area contributed by atoms with Gasteiger partial charge in [-0.2, -0.15) is 0 Å².